The van der Waals surface area contributed by atoms with E-state index in [1.165, 1.54) is 27.8 Å². The van der Waals surface area contributed by atoms with E-state index in [9.17, 15) is 0 Å². The molecule has 0 fully saturated rings. The average molecular weight is 326 g/mol. The third kappa shape index (κ3) is 3.61. The summed E-state index contributed by atoms with van der Waals surface area (Å²) in [5, 5.41) is 0. The molecule has 2 aromatic rings. The molecular formula is C17H20GaO2. The van der Waals surface area contributed by atoms with E-state index in [0.717, 1.165) is 11.5 Å². The van der Waals surface area contributed by atoms with Crippen LogP contribution < -0.4 is 7.06 Å². The van der Waals surface area contributed by atoms with Crippen LogP contribution in [0, 0.1) is 34.6 Å². The molecule has 103 valence electrons. The first kappa shape index (κ1) is 15.1. The molecule has 3 heteroatoms. The van der Waals surface area contributed by atoms with Gasteiger partial charge in [0.05, 0.1) is 0 Å². The maximum absolute atomic E-state index is 5.95. The van der Waals surface area contributed by atoms with Gasteiger partial charge in [0.25, 0.3) is 0 Å². The molecule has 0 saturated carbocycles. The van der Waals surface area contributed by atoms with Gasteiger partial charge in [-0.15, -0.1) is 0 Å². The zero-order valence-corrected chi connectivity index (χ0v) is 15.2. The number of hydrogen-bond donors (Lipinski definition) is 0. The van der Waals surface area contributed by atoms with Gasteiger partial charge in [-0.1, -0.05) is 0 Å². The van der Waals surface area contributed by atoms with Crippen molar-refractivity contribution in [3.8, 4) is 11.5 Å². The molecule has 0 N–H and O–H groups in total. The molecule has 0 atom stereocenters. The zero-order chi connectivity index (χ0) is 14.7. The number of hydrogen-bond acceptors (Lipinski definition) is 2. The molecule has 1 radical (unpaired) electrons. The van der Waals surface area contributed by atoms with Gasteiger partial charge in [-0.2, -0.15) is 0 Å². The maximum atomic E-state index is 5.95. The molecule has 0 heterocycles. The second-order valence-electron chi connectivity index (χ2n) is 5.33. The Kier molecular flexibility index (Phi) is 4.84. The second-order valence-corrected chi connectivity index (χ2v) is 6.72. The number of rotatable bonds is 4. The third-order valence-corrected chi connectivity index (χ3v) is 4.71. The van der Waals surface area contributed by atoms with E-state index in [1.54, 1.807) is 0 Å². The van der Waals surface area contributed by atoms with E-state index < -0.39 is 18.1 Å². The summed E-state index contributed by atoms with van der Waals surface area (Å²) in [6, 6.07) is 10.5. The van der Waals surface area contributed by atoms with Gasteiger partial charge < -0.3 is 0 Å². The van der Waals surface area contributed by atoms with Gasteiger partial charge in [-0.25, -0.2) is 0 Å². The van der Waals surface area contributed by atoms with Crippen LogP contribution in [-0.4, -0.2) is 18.1 Å². The molecule has 0 aliphatic rings. The van der Waals surface area contributed by atoms with Crippen molar-refractivity contribution in [1.29, 1.82) is 0 Å². The molecule has 0 spiro atoms. The van der Waals surface area contributed by atoms with E-state index in [4.69, 9.17) is 7.06 Å². The zero-order valence-electron chi connectivity index (χ0n) is 12.8. The SMILES string of the molecule is Cc1ccc([O][Ga][O]c2c(C)cc(C)cc2C)c(C)c1. The van der Waals surface area contributed by atoms with Gasteiger partial charge in [0.2, 0.25) is 0 Å². The van der Waals surface area contributed by atoms with Crippen molar-refractivity contribution in [3.05, 3.63) is 58.1 Å². The van der Waals surface area contributed by atoms with Gasteiger partial charge in [0, 0.05) is 0 Å². The van der Waals surface area contributed by atoms with Crippen LogP contribution in [0.4, 0.5) is 0 Å². The first-order valence-electron chi connectivity index (χ1n) is 6.77. The van der Waals surface area contributed by atoms with Gasteiger partial charge in [-0.3, -0.25) is 0 Å². The van der Waals surface area contributed by atoms with Crippen molar-refractivity contribution in [2.45, 2.75) is 34.6 Å². The molecule has 2 aromatic carbocycles. The predicted octanol–water partition coefficient (Wildman–Crippen LogP) is 4.22. The van der Waals surface area contributed by atoms with Gasteiger partial charge >= 0.3 is 129 Å². The summed E-state index contributed by atoms with van der Waals surface area (Å²) in [5.74, 6) is 1.93. The average Bonchev–Trinajstić information content (AvgIpc) is 2.34. The summed E-state index contributed by atoms with van der Waals surface area (Å²) in [6.07, 6.45) is 0. The van der Waals surface area contributed by atoms with Crippen molar-refractivity contribution in [2.75, 3.05) is 0 Å². The van der Waals surface area contributed by atoms with Gasteiger partial charge in [0.15, 0.2) is 0 Å². The summed E-state index contributed by atoms with van der Waals surface area (Å²) in [4.78, 5) is 0. The molecule has 0 unspecified atom stereocenters. The van der Waals surface area contributed by atoms with Crippen LogP contribution in [0.5, 0.6) is 11.5 Å². The molecule has 2 nitrogen and oxygen atoms in total. The Bertz CT molecular complexity index is 597. The summed E-state index contributed by atoms with van der Waals surface area (Å²) >= 11 is -1.24. The monoisotopic (exact) mass is 325 g/mol. The molecule has 0 aliphatic heterocycles. The van der Waals surface area contributed by atoms with E-state index in [1.807, 2.05) is 6.07 Å². The fourth-order valence-corrected chi connectivity index (χ4v) is 4.26. The van der Waals surface area contributed by atoms with Crippen molar-refractivity contribution in [1.82, 2.24) is 0 Å². The van der Waals surface area contributed by atoms with Crippen molar-refractivity contribution >= 4 is 18.1 Å². The van der Waals surface area contributed by atoms with E-state index in [0.29, 0.717) is 0 Å². The van der Waals surface area contributed by atoms with E-state index in [-0.39, 0.29) is 0 Å². The first-order valence-corrected chi connectivity index (χ1v) is 8.75. The molecule has 0 aliphatic carbocycles. The van der Waals surface area contributed by atoms with E-state index in [2.05, 4.69) is 58.9 Å². The molecule has 0 bridgehead atoms. The van der Waals surface area contributed by atoms with Crippen LogP contribution >= 0.6 is 0 Å². The van der Waals surface area contributed by atoms with Crippen LogP contribution in [0.1, 0.15) is 27.8 Å². The fraction of sp³-hybridized carbons (Fsp3) is 0.294. The Morgan fingerprint density at radius 2 is 1.30 bits per heavy atom. The Labute approximate surface area is 129 Å². The van der Waals surface area contributed by atoms with Gasteiger partial charge in [-0.05, 0) is 0 Å². The Morgan fingerprint density at radius 3 is 1.90 bits per heavy atom. The van der Waals surface area contributed by atoms with Crippen molar-refractivity contribution in [3.63, 3.8) is 0 Å². The third-order valence-electron chi connectivity index (χ3n) is 3.28. The van der Waals surface area contributed by atoms with Crippen LogP contribution in [0.15, 0.2) is 30.3 Å². The van der Waals surface area contributed by atoms with E-state index >= 15 is 0 Å². The van der Waals surface area contributed by atoms with Crippen LogP contribution in [-0.2, 0) is 0 Å². The predicted molar refractivity (Wildman–Crippen MR) is 83.6 cm³/mol. The minimum atomic E-state index is -1.24. The first-order chi connectivity index (χ1) is 9.47. The Balaban J connectivity index is 2.03. The molecule has 0 amide bonds. The number of benzene rings is 2. The fourth-order valence-electron chi connectivity index (χ4n) is 2.41. The van der Waals surface area contributed by atoms with Gasteiger partial charge in [0.1, 0.15) is 0 Å². The number of aryl methyl sites for hydroxylation is 5. The van der Waals surface area contributed by atoms with Crippen LogP contribution in [0.25, 0.3) is 0 Å². The normalized spacial score (nSPS) is 10.2. The summed E-state index contributed by atoms with van der Waals surface area (Å²) < 4.78 is 11.8. The molecular weight excluding hydrogens is 306 g/mol. The topological polar surface area (TPSA) is 18.5 Å². The Hall–Kier alpha value is -1.32. The van der Waals surface area contributed by atoms with Crippen LogP contribution in [0.3, 0.4) is 0 Å². The van der Waals surface area contributed by atoms with Crippen molar-refractivity contribution < 1.29 is 7.06 Å². The second kappa shape index (κ2) is 6.42. The molecule has 0 saturated heterocycles. The Morgan fingerprint density at radius 1 is 0.700 bits per heavy atom. The molecule has 0 aromatic heterocycles. The summed E-state index contributed by atoms with van der Waals surface area (Å²) in [6.45, 7) is 10.4. The summed E-state index contributed by atoms with van der Waals surface area (Å²) in [5.41, 5.74) is 6.06. The standard InChI is InChI=1S/C9H12O.C8H10O.Ga/c1-6-4-7(2)9(10)8(3)5-6;1-6-3-4-8(9)7(2)5-6;/h4-5,10H,1-3H3;3-5,9H,1-2H3;/q;;+2/p-2. The molecule has 2 rings (SSSR count). The minimum absolute atomic E-state index is 0.943. The van der Waals surface area contributed by atoms with Crippen LogP contribution in [0.2, 0.25) is 0 Å². The molecule has 20 heavy (non-hydrogen) atoms. The summed E-state index contributed by atoms with van der Waals surface area (Å²) in [7, 11) is 0. The quantitative estimate of drug-likeness (QED) is 0.783. The van der Waals surface area contributed by atoms with Crippen molar-refractivity contribution in [2.24, 2.45) is 0 Å².